The van der Waals surface area contributed by atoms with Crippen molar-refractivity contribution >= 4 is 5.90 Å². The van der Waals surface area contributed by atoms with E-state index in [-0.39, 0.29) is 0 Å². The zero-order valence-corrected chi connectivity index (χ0v) is 6.64. The van der Waals surface area contributed by atoms with Crippen LogP contribution in [0.25, 0.3) is 0 Å². The Bertz CT molecular complexity index is 86.9. The third kappa shape index (κ3) is 11.0. The molecule has 0 saturated heterocycles. The van der Waals surface area contributed by atoms with Gasteiger partial charge in [0.1, 0.15) is 0 Å². The molecule has 54 valence electrons. The van der Waals surface area contributed by atoms with Gasteiger partial charge in [-0.15, -0.1) is 0 Å². The summed E-state index contributed by atoms with van der Waals surface area (Å²) >= 11 is 0. The van der Waals surface area contributed by atoms with Gasteiger partial charge in [-0.1, -0.05) is 20.4 Å². The Morgan fingerprint density at radius 1 is 1.56 bits per heavy atom. The average Bonchev–Trinajstić information content (AvgIpc) is 1.93. The van der Waals surface area contributed by atoms with Crippen LogP contribution < -0.4 is 0 Å². The van der Waals surface area contributed by atoms with Gasteiger partial charge in [0.25, 0.3) is 0 Å². The topological polar surface area (TPSA) is 21.6 Å². The average molecular weight is 129 g/mol. The summed E-state index contributed by atoms with van der Waals surface area (Å²) in [5.41, 5.74) is 0. The van der Waals surface area contributed by atoms with Gasteiger partial charge in [-0.25, -0.2) is 4.99 Å². The van der Waals surface area contributed by atoms with Gasteiger partial charge in [0, 0.05) is 13.1 Å². The Hall–Kier alpha value is -0.790. The summed E-state index contributed by atoms with van der Waals surface area (Å²) in [7, 11) is 1.57. The van der Waals surface area contributed by atoms with E-state index in [2.05, 4.69) is 16.3 Å². The Balaban J connectivity index is 0. The summed E-state index contributed by atoms with van der Waals surface area (Å²) in [6.45, 7) is 9.15. The fourth-order valence-electron chi connectivity index (χ4n) is 0.181. The van der Waals surface area contributed by atoms with E-state index in [1.54, 1.807) is 14.0 Å². The van der Waals surface area contributed by atoms with Crippen molar-refractivity contribution in [3.05, 3.63) is 12.8 Å². The lowest BCUT2D eigenvalue weighted by molar-refractivity contribution is 0.400. The first-order chi connectivity index (χ1) is 4.31. The van der Waals surface area contributed by atoms with Crippen molar-refractivity contribution in [3.63, 3.8) is 0 Å². The van der Waals surface area contributed by atoms with E-state index in [4.69, 9.17) is 0 Å². The summed E-state index contributed by atoms with van der Waals surface area (Å²) in [5, 5.41) is 0. The van der Waals surface area contributed by atoms with E-state index in [0.29, 0.717) is 5.90 Å². The van der Waals surface area contributed by atoms with Crippen molar-refractivity contribution in [2.24, 2.45) is 4.99 Å². The number of hydrogen-bond donors (Lipinski definition) is 0. The maximum absolute atomic E-state index is 4.67. The van der Waals surface area contributed by atoms with E-state index in [1.165, 1.54) is 6.20 Å². The van der Waals surface area contributed by atoms with E-state index >= 15 is 0 Å². The monoisotopic (exact) mass is 129 g/mol. The summed E-state index contributed by atoms with van der Waals surface area (Å²) in [5.74, 6) is 0.634. The van der Waals surface area contributed by atoms with E-state index < -0.39 is 0 Å². The predicted molar refractivity (Wildman–Crippen MR) is 41.7 cm³/mol. The lowest BCUT2D eigenvalue weighted by Crippen LogP contribution is -1.90. The second kappa shape index (κ2) is 10.2. The Morgan fingerprint density at radius 3 is 2.11 bits per heavy atom. The van der Waals surface area contributed by atoms with Crippen LogP contribution in [0.15, 0.2) is 17.8 Å². The molecule has 0 bridgehead atoms. The van der Waals surface area contributed by atoms with Gasteiger partial charge in [-0.2, -0.15) is 0 Å². The van der Waals surface area contributed by atoms with Crippen LogP contribution in [0, 0.1) is 0 Å². The summed E-state index contributed by atoms with van der Waals surface area (Å²) in [6.07, 6.45) is 1.44. The molecule has 0 atom stereocenters. The molecule has 0 N–H and O–H groups in total. The summed E-state index contributed by atoms with van der Waals surface area (Å²) in [6, 6.07) is 0. The first-order valence-corrected chi connectivity index (χ1v) is 3.00. The number of hydrogen-bond acceptors (Lipinski definition) is 2. The van der Waals surface area contributed by atoms with Gasteiger partial charge in [0.05, 0.1) is 7.11 Å². The molecule has 0 fully saturated rings. The highest BCUT2D eigenvalue weighted by atomic mass is 16.5. The maximum atomic E-state index is 4.67. The Morgan fingerprint density at radius 2 is 2.00 bits per heavy atom. The molecule has 0 amide bonds. The highest BCUT2D eigenvalue weighted by molar-refractivity contribution is 5.73. The summed E-state index contributed by atoms with van der Waals surface area (Å²) in [4.78, 5) is 3.70. The quantitative estimate of drug-likeness (QED) is 0.393. The molecule has 0 aliphatic carbocycles. The van der Waals surface area contributed by atoms with Crippen LogP contribution in [0.3, 0.4) is 0 Å². The second-order valence-corrected chi connectivity index (χ2v) is 1.03. The van der Waals surface area contributed by atoms with E-state index in [0.717, 1.165) is 0 Å². The molecule has 2 heteroatoms. The maximum Gasteiger partial charge on any atom is 0.184 e. The molecular weight excluding hydrogens is 114 g/mol. The molecule has 0 heterocycles. The molecule has 0 rings (SSSR count). The molecule has 9 heavy (non-hydrogen) atoms. The standard InChI is InChI=1S/C5H9NO.C2H6/c1-4-6-5(2)7-3;1-2/h4H,1H2,2-3H3;1-2H3. The SMILES string of the molecule is C=CN=C(C)OC.CC. The molecule has 0 unspecified atom stereocenters. The molecule has 0 saturated carbocycles. The first-order valence-electron chi connectivity index (χ1n) is 3.00. The molecule has 0 aromatic carbocycles. The van der Waals surface area contributed by atoms with E-state index in [9.17, 15) is 0 Å². The first kappa shape index (κ1) is 11.1. The van der Waals surface area contributed by atoms with Crippen molar-refractivity contribution in [2.45, 2.75) is 20.8 Å². The number of methoxy groups -OCH3 is 1. The molecule has 0 aliphatic heterocycles. The van der Waals surface area contributed by atoms with Crippen LogP contribution in [0.5, 0.6) is 0 Å². The van der Waals surface area contributed by atoms with Crippen molar-refractivity contribution in [1.29, 1.82) is 0 Å². The molecule has 2 nitrogen and oxygen atoms in total. The lowest BCUT2D eigenvalue weighted by atomic mass is 10.8. The van der Waals surface area contributed by atoms with Crippen LogP contribution >= 0.6 is 0 Å². The van der Waals surface area contributed by atoms with Crippen LogP contribution in [-0.4, -0.2) is 13.0 Å². The lowest BCUT2D eigenvalue weighted by Gasteiger charge is -1.90. The van der Waals surface area contributed by atoms with Gasteiger partial charge in [0.15, 0.2) is 5.90 Å². The predicted octanol–water partition coefficient (Wildman–Crippen LogP) is 2.22. The van der Waals surface area contributed by atoms with Gasteiger partial charge in [0.2, 0.25) is 0 Å². The van der Waals surface area contributed by atoms with Crippen LogP contribution in [-0.2, 0) is 4.74 Å². The van der Waals surface area contributed by atoms with Crippen molar-refractivity contribution < 1.29 is 4.74 Å². The largest absolute Gasteiger partial charge is 0.484 e. The van der Waals surface area contributed by atoms with Crippen molar-refractivity contribution in [2.75, 3.05) is 7.11 Å². The van der Waals surface area contributed by atoms with Crippen LogP contribution in [0.4, 0.5) is 0 Å². The molecule has 0 aromatic rings. The molecule has 0 aromatic heterocycles. The van der Waals surface area contributed by atoms with Crippen LogP contribution in [0.1, 0.15) is 20.8 Å². The highest BCUT2D eigenvalue weighted by Gasteiger charge is 1.76. The van der Waals surface area contributed by atoms with Crippen molar-refractivity contribution in [1.82, 2.24) is 0 Å². The fourth-order valence-corrected chi connectivity index (χ4v) is 0.181. The minimum atomic E-state index is 0.634. The normalized spacial score (nSPS) is 9.11. The fraction of sp³-hybridized carbons (Fsp3) is 0.571. The second-order valence-electron chi connectivity index (χ2n) is 1.03. The minimum Gasteiger partial charge on any atom is -0.484 e. The minimum absolute atomic E-state index is 0.634. The third-order valence-electron chi connectivity index (χ3n) is 0.569. The summed E-state index contributed by atoms with van der Waals surface area (Å²) < 4.78 is 4.67. The Labute approximate surface area is 57.3 Å². The third-order valence-corrected chi connectivity index (χ3v) is 0.569. The van der Waals surface area contributed by atoms with Crippen molar-refractivity contribution in [3.8, 4) is 0 Å². The number of rotatable bonds is 1. The number of ether oxygens (including phenoxy) is 1. The Kier molecular flexibility index (Phi) is 12.6. The van der Waals surface area contributed by atoms with E-state index in [1.807, 2.05) is 13.8 Å². The zero-order valence-electron chi connectivity index (χ0n) is 6.64. The number of aliphatic imine (C=N–C) groups is 1. The molecule has 0 aliphatic rings. The van der Waals surface area contributed by atoms with Crippen LogP contribution in [0.2, 0.25) is 0 Å². The molecule has 0 radical (unpaired) electrons. The highest BCUT2D eigenvalue weighted by Crippen LogP contribution is 1.75. The molecule has 0 spiro atoms. The van der Waals surface area contributed by atoms with Gasteiger partial charge in [-0.05, 0) is 0 Å². The van der Waals surface area contributed by atoms with Gasteiger partial charge < -0.3 is 4.74 Å². The zero-order chi connectivity index (χ0) is 7.70. The number of nitrogens with zero attached hydrogens (tertiary/aromatic N) is 1. The van der Waals surface area contributed by atoms with Gasteiger partial charge >= 0.3 is 0 Å². The molecular formula is C7H15NO. The smallest absolute Gasteiger partial charge is 0.184 e. The van der Waals surface area contributed by atoms with Gasteiger partial charge in [-0.3, -0.25) is 0 Å².